The number of anilines is 2. The Morgan fingerprint density at radius 1 is 0.971 bits per heavy atom. The summed E-state index contributed by atoms with van der Waals surface area (Å²) in [7, 11) is 1.68. The van der Waals surface area contributed by atoms with Crippen LogP contribution in [0, 0.1) is 0 Å². The van der Waals surface area contributed by atoms with Crippen molar-refractivity contribution in [2.75, 3.05) is 49.7 Å². The summed E-state index contributed by atoms with van der Waals surface area (Å²) in [6.45, 7) is 5.85. The number of hydrogen-bond donors (Lipinski definition) is 1. The van der Waals surface area contributed by atoms with Crippen molar-refractivity contribution in [2.45, 2.75) is 20.0 Å². The van der Waals surface area contributed by atoms with Gasteiger partial charge in [0.25, 0.3) is 5.56 Å². The first-order valence-corrected chi connectivity index (χ1v) is 11.8. The fraction of sp³-hybridized carbons (Fsp3) is 0.346. The van der Waals surface area contributed by atoms with Gasteiger partial charge in [0.15, 0.2) is 0 Å². The third kappa shape index (κ3) is 6.11. The van der Waals surface area contributed by atoms with Gasteiger partial charge in [-0.05, 0) is 42.8 Å². The molecule has 9 heteroatoms. The van der Waals surface area contributed by atoms with Crippen LogP contribution in [0.2, 0.25) is 0 Å². The number of para-hydroxylation sites is 2. The molecule has 35 heavy (non-hydrogen) atoms. The second-order valence-electron chi connectivity index (χ2n) is 8.19. The average molecular weight is 478 g/mol. The monoisotopic (exact) mass is 477 g/mol. The van der Waals surface area contributed by atoms with Crippen molar-refractivity contribution in [3.8, 4) is 11.5 Å². The van der Waals surface area contributed by atoms with E-state index in [0.29, 0.717) is 19.0 Å². The summed E-state index contributed by atoms with van der Waals surface area (Å²) >= 11 is 0. The number of amides is 1. The number of methoxy groups -OCH3 is 1. The Kier molecular flexibility index (Phi) is 7.87. The van der Waals surface area contributed by atoms with Gasteiger partial charge in [-0.25, -0.2) is 4.68 Å². The van der Waals surface area contributed by atoms with Crippen molar-refractivity contribution in [3.05, 3.63) is 76.6 Å². The van der Waals surface area contributed by atoms with E-state index in [2.05, 4.69) is 26.3 Å². The summed E-state index contributed by atoms with van der Waals surface area (Å²) in [5.74, 6) is 2.05. The fourth-order valence-corrected chi connectivity index (χ4v) is 4.05. The zero-order valence-corrected chi connectivity index (χ0v) is 20.1. The molecule has 2 aromatic carbocycles. The first-order chi connectivity index (χ1) is 17.1. The highest BCUT2D eigenvalue weighted by molar-refractivity contribution is 5.75. The Morgan fingerprint density at radius 2 is 1.69 bits per heavy atom. The minimum absolute atomic E-state index is 0.134. The van der Waals surface area contributed by atoms with E-state index in [-0.39, 0.29) is 18.0 Å². The summed E-state index contributed by atoms with van der Waals surface area (Å²) in [6, 6.07) is 18.7. The molecule has 0 bridgehead atoms. The minimum Gasteiger partial charge on any atom is -0.495 e. The molecule has 184 valence electrons. The van der Waals surface area contributed by atoms with Gasteiger partial charge in [0.2, 0.25) is 5.91 Å². The van der Waals surface area contributed by atoms with Gasteiger partial charge < -0.3 is 24.6 Å². The number of rotatable bonds is 9. The van der Waals surface area contributed by atoms with Gasteiger partial charge in [0, 0.05) is 38.8 Å². The first kappa shape index (κ1) is 24.1. The second-order valence-corrected chi connectivity index (χ2v) is 8.19. The van der Waals surface area contributed by atoms with Crippen LogP contribution in [-0.4, -0.2) is 55.6 Å². The van der Waals surface area contributed by atoms with Crippen molar-refractivity contribution in [2.24, 2.45) is 0 Å². The van der Waals surface area contributed by atoms with Gasteiger partial charge in [-0.3, -0.25) is 9.59 Å². The van der Waals surface area contributed by atoms with Crippen LogP contribution in [0.15, 0.2) is 65.5 Å². The molecule has 1 saturated heterocycles. The lowest BCUT2D eigenvalue weighted by Crippen LogP contribution is -2.47. The lowest BCUT2D eigenvalue weighted by Gasteiger charge is -2.37. The van der Waals surface area contributed by atoms with Crippen LogP contribution in [0.4, 0.5) is 11.5 Å². The highest BCUT2D eigenvalue weighted by Gasteiger charge is 2.21. The minimum atomic E-state index is -0.308. The van der Waals surface area contributed by atoms with E-state index in [9.17, 15) is 9.59 Å². The molecule has 2 heterocycles. The van der Waals surface area contributed by atoms with Crippen LogP contribution in [0.5, 0.6) is 11.5 Å². The zero-order chi connectivity index (χ0) is 24.6. The summed E-state index contributed by atoms with van der Waals surface area (Å²) in [6.07, 6.45) is 0. The number of aromatic nitrogens is 2. The zero-order valence-electron chi connectivity index (χ0n) is 20.1. The maximum Gasteiger partial charge on any atom is 0.267 e. The van der Waals surface area contributed by atoms with E-state index in [4.69, 9.17) is 9.47 Å². The number of nitrogens with zero attached hydrogens (tertiary/aromatic N) is 4. The number of nitrogens with one attached hydrogen (secondary N) is 1. The predicted octanol–water partition coefficient (Wildman–Crippen LogP) is 2.29. The molecule has 0 atom stereocenters. The molecule has 1 aromatic heterocycles. The van der Waals surface area contributed by atoms with E-state index < -0.39 is 0 Å². The summed E-state index contributed by atoms with van der Waals surface area (Å²) in [5, 5.41) is 7.31. The van der Waals surface area contributed by atoms with E-state index in [0.717, 1.165) is 48.9 Å². The summed E-state index contributed by atoms with van der Waals surface area (Å²) in [5.41, 5.74) is 1.71. The van der Waals surface area contributed by atoms with Crippen molar-refractivity contribution in [3.63, 3.8) is 0 Å². The van der Waals surface area contributed by atoms with Gasteiger partial charge in [-0.15, -0.1) is 0 Å². The number of carbonyl (C=O) groups is 1. The number of benzene rings is 2. The maximum absolute atomic E-state index is 12.5. The van der Waals surface area contributed by atoms with Gasteiger partial charge in [-0.2, -0.15) is 5.10 Å². The molecule has 0 spiro atoms. The van der Waals surface area contributed by atoms with Gasteiger partial charge in [0.05, 0.1) is 19.4 Å². The van der Waals surface area contributed by atoms with E-state index in [1.54, 1.807) is 13.2 Å². The molecule has 1 fully saturated rings. The van der Waals surface area contributed by atoms with Crippen molar-refractivity contribution >= 4 is 17.4 Å². The molecule has 0 unspecified atom stereocenters. The third-order valence-corrected chi connectivity index (χ3v) is 5.90. The lowest BCUT2D eigenvalue weighted by molar-refractivity contribution is -0.122. The van der Waals surface area contributed by atoms with Crippen LogP contribution in [0.1, 0.15) is 12.5 Å². The molecule has 0 radical (unpaired) electrons. The maximum atomic E-state index is 12.5. The number of hydrogen-bond acceptors (Lipinski definition) is 7. The van der Waals surface area contributed by atoms with Crippen LogP contribution in [0.25, 0.3) is 0 Å². The van der Waals surface area contributed by atoms with Gasteiger partial charge >= 0.3 is 0 Å². The predicted molar refractivity (Wildman–Crippen MR) is 135 cm³/mol. The molecule has 0 aliphatic carbocycles. The Labute approximate surface area is 204 Å². The van der Waals surface area contributed by atoms with Crippen LogP contribution >= 0.6 is 0 Å². The first-order valence-electron chi connectivity index (χ1n) is 11.8. The quantitative estimate of drug-likeness (QED) is 0.506. The third-order valence-electron chi connectivity index (χ3n) is 5.90. The Bertz CT molecular complexity index is 1190. The second kappa shape index (κ2) is 11.4. The van der Waals surface area contributed by atoms with E-state index in [1.807, 2.05) is 49.4 Å². The SMILES string of the molecule is CCOc1ccc(CNC(=O)Cn2nc(N3CCN(c4ccccc4OC)CC3)ccc2=O)cc1. The molecule has 0 saturated carbocycles. The molecule has 1 N–H and O–H groups in total. The van der Waals surface area contributed by atoms with E-state index >= 15 is 0 Å². The molecule has 1 amide bonds. The molecule has 9 nitrogen and oxygen atoms in total. The van der Waals surface area contributed by atoms with Crippen molar-refractivity contribution in [1.82, 2.24) is 15.1 Å². The molecule has 3 aromatic rings. The normalized spacial score (nSPS) is 13.4. The molecular formula is C26H31N5O4. The van der Waals surface area contributed by atoms with Gasteiger partial charge in [-0.1, -0.05) is 24.3 Å². The lowest BCUT2D eigenvalue weighted by atomic mass is 10.2. The molecule has 4 rings (SSSR count). The molecule has 1 aliphatic rings. The standard InChI is InChI=1S/C26H31N5O4/c1-3-35-21-10-8-20(9-11-21)18-27-25(32)19-31-26(33)13-12-24(28-31)30-16-14-29(15-17-30)22-6-4-5-7-23(22)34-2/h4-13H,3,14-19H2,1-2H3,(H,27,32). The Balaban J connectivity index is 1.34. The highest BCUT2D eigenvalue weighted by atomic mass is 16.5. The van der Waals surface area contributed by atoms with E-state index in [1.165, 1.54) is 10.7 Å². The topological polar surface area (TPSA) is 88.9 Å². The highest BCUT2D eigenvalue weighted by Crippen LogP contribution is 2.28. The fourth-order valence-electron chi connectivity index (χ4n) is 4.05. The number of ether oxygens (including phenoxy) is 2. The largest absolute Gasteiger partial charge is 0.495 e. The average Bonchev–Trinajstić information content (AvgIpc) is 2.90. The van der Waals surface area contributed by atoms with Crippen LogP contribution < -0.4 is 30.1 Å². The Hall–Kier alpha value is -4.01. The number of carbonyl (C=O) groups excluding carboxylic acids is 1. The van der Waals surface area contributed by atoms with Gasteiger partial charge in [0.1, 0.15) is 23.9 Å². The molecular weight excluding hydrogens is 446 g/mol. The summed E-state index contributed by atoms with van der Waals surface area (Å²) in [4.78, 5) is 29.2. The Morgan fingerprint density at radius 3 is 2.40 bits per heavy atom. The van der Waals surface area contributed by atoms with Crippen molar-refractivity contribution in [1.29, 1.82) is 0 Å². The van der Waals surface area contributed by atoms with Crippen molar-refractivity contribution < 1.29 is 14.3 Å². The summed E-state index contributed by atoms with van der Waals surface area (Å²) < 4.78 is 12.1. The smallest absolute Gasteiger partial charge is 0.267 e. The van der Waals surface area contributed by atoms with Crippen LogP contribution in [-0.2, 0) is 17.9 Å². The van der Waals surface area contributed by atoms with Crippen LogP contribution in [0.3, 0.4) is 0 Å². The number of piperazine rings is 1. The molecule has 1 aliphatic heterocycles.